The van der Waals surface area contributed by atoms with Crippen molar-refractivity contribution in [3.05, 3.63) is 29.8 Å². The van der Waals surface area contributed by atoms with Gasteiger partial charge in [-0.2, -0.15) is 0 Å². The minimum atomic E-state index is -0.643. The molecule has 2 rings (SSSR count). The van der Waals surface area contributed by atoms with E-state index in [1.807, 2.05) is 55.1 Å². The first-order valence-corrected chi connectivity index (χ1v) is 7.19. The van der Waals surface area contributed by atoms with Gasteiger partial charge in [-0.15, -0.1) is 0 Å². The molecule has 1 aliphatic heterocycles. The molecule has 0 radical (unpaired) electrons. The molecule has 0 spiro atoms. The summed E-state index contributed by atoms with van der Waals surface area (Å²) in [5, 5.41) is 10.1. The zero-order valence-electron chi connectivity index (χ0n) is 12.6. The maximum atomic E-state index is 12.7. The zero-order chi connectivity index (χ0) is 14.8. The fourth-order valence-corrected chi connectivity index (χ4v) is 2.68. The summed E-state index contributed by atoms with van der Waals surface area (Å²) in [6, 6.07) is 7.68. The highest BCUT2D eigenvalue weighted by Gasteiger charge is 2.28. The van der Waals surface area contributed by atoms with Crippen LogP contribution in [0.2, 0.25) is 0 Å². The number of hydrogen-bond acceptors (Lipinski definition) is 3. The highest BCUT2D eigenvalue weighted by atomic mass is 16.3. The first-order valence-electron chi connectivity index (χ1n) is 7.19. The monoisotopic (exact) mass is 276 g/mol. The zero-order valence-corrected chi connectivity index (χ0v) is 12.6. The Morgan fingerprint density at radius 1 is 1.25 bits per heavy atom. The van der Waals surface area contributed by atoms with Crippen LogP contribution in [-0.4, -0.2) is 48.7 Å². The minimum absolute atomic E-state index is 0.0620. The molecule has 0 aromatic heterocycles. The van der Waals surface area contributed by atoms with Crippen molar-refractivity contribution in [2.45, 2.75) is 31.8 Å². The molecule has 0 saturated carbocycles. The molecule has 1 fully saturated rings. The molecule has 1 aliphatic rings. The molecule has 4 nitrogen and oxygen atoms in total. The average Bonchev–Trinajstić information content (AvgIpc) is 2.59. The van der Waals surface area contributed by atoms with Crippen molar-refractivity contribution in [1.82, 2.24) is 4.90 Å². The molecule has 1 N–H and O–H groups in total. The summed E-state index contributed by atoms with van der Waals surface area (Å²) in [7, 11) is 3.89. The third kappa shape index (κ3) is 3.31. The van der Waals surface area contributed by atoms with Gasteiger partial charge in [-0.05, 0) is 38.3 Å². The van der Waals surface area contributed by atoms with E-state index in [0.29, 0.717) is 13.0 Å². The number of carbonyl (C=O) groups is 1. The molecule has 0 bridgehead atoms. The summed E-state index contributed by atoms with van der Waals surface area (Å²) in [4.78, 5) is 16.5. The summed E-state index contributed by atoms with van der Waals surface area (Å²) >= 11 is 0. The van der Waals surface area contributed by atoms with Crippen molar-refractivity contribution < 1.29 is 9.90 Å². The Morgan fingerprint density at radius 2 is 1.95 bits per heavy atom. The van der Waals surface area contributed by atoms with E-state index in [9.17, 15) is 9.90 Å². The van der Waals surface area contributed by atoms with Crippen LogP contribution in [0.25, 0.3) is 0 Å². The molecule has 20 heavy (non-hydrogen) atoms. The Kier molecular flexibility index (Phi) is 4.33. The molecule has 1 unspecified atom stereocenters. The summed E-state index contributed by atoms with van der Waals surface area (Å²) < 4.78 is 0. The quantitative estimate of drug-likeness (QED) is 0.900. The average molecular weight is 276 g/mol. The van der Waals surface area contributed by atoms with Crippen LogP contribution in [0.15, 0.2) is 24.3 Å². The first-order chi connectivity index (χ1) is 9.41. The third-order valence-electron chi connectivity index (χ3n) is 3.97. The first kappa shape index (κ1) is 14.9. The van der Waals surface area contributed by atoms with E-state index in [1.54, 1.807) is 0 Å². The van der Waals surface area contributed by atoms with Crippen molar-refractivity contribution >= 4 is 11.6 Å². The second-order valence-electron chi connectivity index (χ2n) is 6.05. The normalized spacial score (nSPS) is 23.3. The van der Waals surface area contributed by atoms with Gasteiger partial charge in [-0.1, -0.05) is 12.1 Å². The highest BCUT2D eigenvalue weighted by Crippen LogP contribution is 2.25. The second-order valence-corrected chi connectivity index (χ2v) is 6.05. The molecular weight excluding hydrogens is 252 g/mol. The molecule has 1 atom stereocenters. The molecule has 1 aromatic rings. The van der Waals surface area contributed by atoms with Gasteiger partial charge in [0.1, 0.15) is 0 Å². The van der Waals surface area contributed by atoms with Gasteiger partial charge in [0.25, 0.3) is 5.91 Å². The Bertz CT molecular complexity index is 483. The lowest BCUT2D eigenvalue weighted by Gasteiger charge is -2.25. The molecule has 1 aromatic carbocycles. The molecule has 4 heteroatoms. The van der Waals surface area contributed by atoms with Crippen molar-refractivity contribution in [2.75, 3.05) is 32.1 Å². The van der Waals surface area contributed by atoms with Gasteiger partial charge >= 0.3 is 0 Å². The minimum Gasteiger partial charge on any atom is -0.390 e. The number of benzene rings is 1. The van der Waals surface area contributed by atoms with Crippen molar-refractivity contribution in [3.63, 3.8) is 0 Å². The number of hydrogen-bond donors (Lipinski definition) is 1. The number of para-hydroxylation sites is 1. The van der Waals surface area contributed by atoms with Crippen LogP contribution in [0.5, 0.6) is 0 Å². The smallest absolute Gasteiger partial charge is 0.255 e. The molecule has 1 amide bonds. The van der Waals surface area contributed by atoms with Crippen LogP contribution in [0.1, 0.15) is 36.5 Å². The van der Waals surface area contributed by atoms with Crippen LogP contribution in [0.4, 0.5) is 5.69 Å². The predicted octanol–water partition coefficient (Wildman–Crippen LogP) is 2.13. The van der Waals surface area contributed by atoms with Crippen LogP contribution in [0, 0.1) is 0 Å². The van der Waals surface area contributed by atoms with Gasteiger partial charge in [-0.3, -0.25) is 4.79 Å². The van der Waals surface area contributed by atoms with Crippen LogP contribution in [0.3, 0.4) is 0 Å². The molecule has 1 saturated heterocycles. The summed E-state index contributed by atoms with van der Waals surface area (Å²) in [5.74, 6) is 0.0620. The maximum Gasteiger partial charge on any atom is 0.255 e. The SMILES string of the molecule is CN(C)c1ccccc1C(=O)N1CCCC(C)(O)CC1. The standard InChI is InChI=1S/C16H24N2O2/c1-16(20)9-6-11-18(12-10-16)15(19)13-7-4-5-8-14(13)17(2)3/h4-5,7-8,20H,6,9-12H2,1-3H3. The van der Waals surface area contributed by atoms with E-state index in [1.165, 1.54) is 0 Å². The van der Waals surface area contributed by atoms with E-state index in [0.717, 1.165) is 30.6 Å². The van der Waals surface area contributed by atoms with Gasteiger partial charge in [0.2, 0.25) is 0 Å². The van der Waals surface area contributed by atoms with E-state index in [-0.39, 0.29) is 5.91 Å². The fraction of sp³-hybridized carbons (Fsp3) is 0.562. The van der Waals surface area contributed by atoms with Crippen molar-refractivity contribution in [1.29, 1.82) is 0 Å². The molecular formula is C16H24N2O2. The van der Waals surface area contributed by atoms with Gasteiger partial charge in [0.15, 0.2) is 0 Å². The van der Waals surface area contributed by atoms with E-state index < -0.39 is 5.60 Å². The topological polar surface area (TPSA) is 43.8 Å². The van der Waals surface area contributed by atoms with Gasteiger partial charge in [0, 0.05) is 32.9 Å². The van der Waals surface area contributed by atoms with Crippen molar-refractivity contribution in [3.8, 4) is 0 Å². The Morgan fingerprint density at radius 3 is 2.65 bits per heavy atom. The van der Waals surface area contributed by atoms with Gasteiger partial charge in [0.05, 0.1) is 11.2 Å². The lowest BCUT2D eigenvalue weighted by atomic mass is 9.98. The number of rotatable bonds is 2. The number of anilines is 1. The lowest BCUT2D eigenvalue weighted by Crippen LogP contribution is -2.34. The molecule has 1 heterocycles. The number of amides is 1. The van der Waals surface area contributed by atoms with E-state index in [4.69, 9.17) is 0 Å². The van der Waals surface area contributed by atoms with E-state index in [2.05, 4.69) is 0 Å². The van der Waals surface area contributed by atoms with Crippen LogP contribution in [-0.2, 0) is 0 Å². The van der Waals surface area contributed by atoms with Gasteiger partial charge in [-0.25, -0.2) is 0 Å². The van der Waals surface area contributed by atoms with E-state index >= 15 is 0 Å². The highest BCUT2D eigenvalue weighted by molar-refractivity contribution is 5.99. The largest absolute Gasteiger partial charge is 0.390 e. The Balaban J connectivity index is 2.19. The fourth-order valence-electron chi connectivity index (χ4n) is 2.68. The second kappa shape index (κ2) is 5.83. The number of aliphatic hydroxyl groups is 1. The van der Waals surface area contributed by atoms with Crippen LogP contribution >= 0.6 is 0 Å². The van der Waals surface area contributed by atoms with Crippen LogP contribution < -0.4 is 4.90 Å². The number of likely N-dealkylation sites (tertiary alicyclic amines) is 1. The summed E-state index contributed by atoms with van der Waals surface area (Å²) in [6.45, 7) is 3.19. The maximum absolute atomic E-state index is 12.7. The van der Waals surface area contributed by atoms with Gasteiger partial charge < -0.3 is 14.9 Å². The Hall–Kier alpha value is -1.55. The van der Waals surface area contributed by atoms with Crippen molar-refractivity contribution in [2.24, 2.45) is 0 Å². The molecule has 0 aliphatic carbocycles. The summed E-state index contributed by atoms with van der Waals surface area (Å²) in [6.07, 6.45) is 2.25. The Labute approximate surface area is 121 Å². The number of carbonyl (C=O) groups excluding carboxylic acids is 1. The number of nitrogens with zero attached hydrogens (tertiary/aromatic N) is 2. The molecule has 110 valence electrons. The third-order valence-corrected chi connectivity index (χ3v) is 3.97. The predicted molar refractivity (Wildman–Crippen MR) is 81.1 cm³/mol. The summed E-state index contributed by atoms with van der Waals surface area (Å²) in [5.41, 5.74) is 1.03. The lowest BCUT2D eigenvalue weighted by molar-refractivity contribution is 0.0438.